The molecular weight excluding hydrogens is 380 g/mol. The van der Waals surface area contributed by atoms with Crippen LogP contribution in [0, 0.1) is 18.3 Å². The summed E-state index contributed by atoms with van der Waals surface area (Å²) in [5.74, 6) is -0.741. The van der Waals surface area contributed by atoms with Gasteiger partial charge in [0.2, 0.25) is 5.91 Å². The van der Waals surface area contributed by atoms with E-state index in [0.29, 0.717) is 19.4 Å². The molecule has 2 aromatic carbocycles. The third kappa shape index (κ3) is 9.03. The van der Waals surface area contributed by atoms with E-state index < -0.39 is 6.10 Å². The predicted octanol–water partition coefficient (Wildman–Crippen LogP) is 4.45. The first-order valence-corrected chi connectivity index (χ1v) is 10.9. The Morgan fingerprint density at radius 3 is 2.28 bits per heavy atom. The number of nitrogens with zero attached hydrogens (tertiary/aromatic N) is 1. The van der Waals surface area contributed by atoms with Crippen molar-refractivity contribution in [2.75, 3.05) is 13.1 Å². The second kappa shape index (κ2) is 10.8. The first-order valence-electron chi connectivity index (χ1n) is 10.1. The van der Waals surface area contributed by atoms with E-state index in [-0.39, 0.29) is 17.2 Å². The minimum absolute atomic E-state index is 0.0878. The van der Waals surface area contributed by atoms with Crippen LogP contribution in [0.25, 0.3) is 0 Å². The fraction of sp³-hybridized carbons (Fsp3) is 0.458. The maximum atomic E-state index is 12.0. The van der Waals surface area contributed by atoms with Gasteiger partial charge in [0.15, 0.2) is 0 Å². The van der Waals surface area contributed by atoms with Crippen LogP contribution in [0.2, 0.25) is 0 Å². The first-order chi connectivity index (χ1) is 13.6. The number of primary amides is 1. The minimum atomic E-state index is -0.628. The number of aryl methyl sites for hydroxylation is 1. The van der Waals surface area contributed by atoms with Crippen molar-refractivity contribution in [2.45, 2.75) is 51.5 Å². The van der Waals surface area contributed by atoms with Crippen molar-refractivity contribution in [1.29, 1.82) is 0 Å². The average molecular weight is 415 g/mol. The Balaban J connectivity index is 2.03. The van der Waals surface area contributed by atoms with Crippen LogP contribution in [0.1, 0.15) is 38.3 Å². The lowest BCUT2D eigenvalue weighted by molar-refractivity contribution is -0.122. The monoisotopic (exact) mass is 414 g/mol. The van der Waals surface area contributed by atoms with Crippen molar-refractivity contribution in [2.24, 2.45) is 17.1 Å². The fourth-order valence-electron chi connectivity index (χ4n) is 3.25. The first kappa shape index (κ1) is 23.5. The van der Waals surface area contributed by atoms with Crippen molar-refractivity contribution in [3.05, 3.63) is 65.7 Å². The van der Waals surface area contributed by atoms with Gasteiger partial charge in [0.1, 0.15) is 0 Å². The highest BCUT2D eigenvalue weighted by molar-refractivity contribution is 7.97. The van der Waals surface area contributed by atoms with Gasteiger partial charge in [0.05, 0.1) is 6.10 Å². The summed E-state index contributed by atoms with van der Waals surface area (Å²) in [4.78, 5) is 13.1. The highest BCUT2D eigenvalue weighted by Crippen LogP contribution is 2.28. The van der Waals surface area contributed by atoms with Gasteiger partial charge in [0, 0.05) is 23.9 Å². The van der Waals surface area contributed by atoms with Crippen molar-refractivity contribution in [1.82, 2.24) is 4.31 Å². The molecule has 0 aliphatic carbocycles. The number of rotatable bonds is 10. The molecule has 0 aliphatic heterocycles. The maximum absolute atomic E-state index is 12.0. The minimum Gasteiger partial charge on any atom is -0.392 e. The highest BCUT2D eigenvalue weighted by atomic mass is 32.2. The summed E-state index contributed by atoms with van der Waals surface area (Å²) < 4.78 is 2.19. The van der Waals surface area contributed by atoms with Gasteiger partial charge in [-0.05, 0) is 54.8 Å². The van der Waals surface area contributed by atoms with Crippen LogP contribution in [-0.4, -0.2) is 34.5 Å². The van der Waals surface area contributed by atoms with E-state index >= 15 is 0 Å². The SMILES string of the molecule is Cc1ccc(SN(C[C@@H](O)C[C@@H](Cc2ccccc2)C(N)=O)CC(C)(C)C)cc1. The summed E-state index contributed by atoms with van der Waals surface area (Å²) in [6.07, 6.45) is 0.285. The van der Waals surface area contributed by atoms with E-state index in [1.54, 1.807) is 11.9 Å². The molecule has 29 heavy (non-hydrogen) atoms. The number of benzene rings is 2. The second-order valence-corrected chi connectivity index (χ2v) is 10.1. The zero-order valence-electron chi connectivity index (χ0n) is 18.0. The number of carbonyl (C=O) groups excluding carboxylic acids is 1. The molecule has 0 saturated carbocycles. The Morgan fingerprint density at radius 1 is 1.10 bits per heavy atom. The van der Waals surface area contributed by atoms with Crippen LogP contribution >= 0.6 is 11.9 Å². The van der Waals surface area contributed by atoms with E-state index in [2.05, 4.69) is 56.3 Å². The van der Waals surface area contributed by atoms with E-state index in [0.717, 1.165) is 17.0 Å². The summed E-state index contributed by atoms with van der Waals surface area (Å²) in [6, 6.07) is 18.2. The van der Waals surface area contributed by atoms with Gasteiger partial charge in [-0.25, -0.2) is 4.31 Å². The number of carbonyl (C=O) groups is 1. The van der Waals surface area contributed by atoms with Crippen LogP contribution in [0.15, 0.2) is 59.5 Å². The van der Waals surface area contributed by atoms with Gasteiger partial charge in [-0.1, -0.05) is 68.8 Å². The lowest BCUT2D eigenvalue weighted by Crippen LogP contribution is -2.36. The molecule has 1 amide bonds. The zero-order valence-corrected chi connectivity index (χ0v) is 18.8. The predicted molar refractivity (Wildman–Crippen MR) is 122 cm³/mol. The Kier molecular flexibility index (Phi) is 8.75. The zero-order chi connectivity index (χ0) is 21.4. The summed E-state index contributed by atoms with van der Waals surface area (Å²) in [5.41, 5.74) is 8.01. The number of aliphatic hydroxyl groups is 1. The van der Waals surface area contributed by atoms with Crippen molar-refractivity contribution in [3.8, 4) is 0 Å². The molecular formula is C24H34N2O2S. The molecule has 0 spiro atoms. The molecule has 0 aromatic heterocycles. The van der Waals surface area contributed by atoms with Gasteiger partial charge < -0.3 is 10.8 Å². The highest BCUT2D eigenvalue weighted by Gasteiger charge is 2.24. The van der Waals surface area contributed by atoms with Crippen molar-refractivity contribution < 1.29 is 9.90 Å². The second-order valence-electron chi connectivity index (χ2n) is 8.97. The number of hydrogen-bond donors (Lipinski definition) is 2. The molecule has 4 nitrogen and oxygen atoms in total. The van der Waals surface area contributed by atoms with Crippen LogP contribution < -0.4 is 5.73 Å². The Labute approximate surface area is 179 Å². The molecule has 2 rings (SSSR count). The van der Waals surface area contributed by atoms with E-state index in [1.807, 2.05) is 30.3 Å². The molecule has 5 heteroatoms. The number of hydrogen-bond acceptors (Lipinski definition) is 4. The third-order valence-electron chi connectivity index (χ3n) is 4.60. The molecule has 2 aromatic rings. The van der Waals surface area contributed by atoms with Crippen LogP contribution in [-0.2, 0) is 11.2 Å². The Bertz CT molecular complexity index is 757. The molecule has 158 valence electrons. The molecule has 0 fully saturated rings. The number of aliphatic hydroxyl groups excluding tert-OH is 1. The van der Waals surface area contributed by atoms with E-state index in [4.69, 9.17) is 5.73 Å². The molecule has 0 saturated heterocycles. The Hall–Kier alpha value is -1.82. The lowest BCUT2D eigenvalue weighted by Gasteiger charge is -2.31. The molecule has 0 unspecified atom stereocenters. The summed E-state index contributed by atoms with van der Waals surface area (Å²) >= 11 is 1.65. The van der Waals surface area contributed by atoms with E-state index in [9.17, 15) is 9.90 Å². The lowest BCUT2D eigenvalue weighted by atomic mass is 9.92. The molecule has 0 radical (unpaired) electrons. The van der Waals surface area contributed by atoms with Crippen LogP contribution in [0.4, 0.5) is 0 Å². The fourth-order valence-corrected chi connectivity index (χ4v) is 4.50. The largest absolute Gasteiger partial charge is 0.392 e. The van der Waals surface area contributed by atoms with Crippen LogP contribution in [0.5, 0.6) is 0 Å². The third-order valence-corrected chi connectivity index (χ3v) is 5.62. The average Bonchev–Trinajstić information content (AvgIpc) is 2.62. The Morgan fingerprint density at radius 2 is 1.72 bits per heavy atom. The smallest absolute Gasteiger partial charge is 0.220 e. The summed E-state index contributed by atoms with van der Waals surface area (Å²) in [6.45, 7) is 9.93. The van der Waals surface area contributed by atoms with Crippen molar-refractivity contribution >= 4 is 17.9 Å². The molecule has 0 aliphatic rings. The van der Waals surface area contributed by atoms with Gasteiger partial charge in [-0.15, -0.1) is 0 Å². The quantitative estimate of drug-likeness (QED) is 0.564. The normalized spacial score (nSPS) is 14.0. The van der Waals surface area contributed by atoms with Gasteiger partial charge in [-0.2, -0.15) is 0 Å². The van der Waals surface area contributed by atoms with E-state index in [1.165, 1.54) is 5.56 Å². The van der Waals surface area contributed by atoms with Gasteiger partial charge in [0.25, 0.3) is 0 Å². The van der Waals surface area contributed by atoms with Gasteiger partial charge in [-0.3, -0.25) is 4.79 Å². The summed E-state index contributed by atoms with van der Waals surface area (Å²) in [5, 5.41) is 10.8. The summed E-state index contributed by atoms with van der Waals surface area (Å²) in [7, 11) is 0. The maximum Gasteiger partial charge on any atom is 0.220 e. The number of amides is 1. The molecule has 3 N–H and O–H groups in total. The standard InChI is InChI=1S/C24H34N2O2S/c1-18-10-12-22(13-11-18)29-26(17-24(2,3)4)16-21(27)15-20(23(25)28)14-19-8-6-5-7-9-19/h5-13,20-21,27H,14-17H2,1-4H3,(H2,25,28)/t20-,21+/m1/s1. The molecule has 0 heterocycles. The van der Waals surface area contributed by atoms with Crippen molar-refractivity contribution in [3.63, 3.8) is 0 Å². The molecule has 2 atom stereocenters. The van der Waals surface area contributed by atoms with Crippen LogP contribution in [0.3, 0.4) is 0 Å². The topological polar surface area (TPSA) is 66.6 Å². The van der Waals surface area contributed by atoms with Gasteiger partial charge >= 0.3 is 0 Å². The number of nitrogens with two attached hydrogens (primary N) is 1. The molecule has 0 bridgehead atoms.